The minimum Gasteiger partial charge on any atom is -0.326 e. The number of hydrogen-bond acceptors (Lipinski definition) is 1. The van der Waals surface area contributed by atoms with Gasteiger partial charge >= 0.3 is 0 Å². The SMILES string of the molecule is CC(=O)Nc1ccc([C@@H]2C[CH]c3ccccc32)cc1. The maximum Gasteiger partial charge on any atom is 0.221 e. The van der Waals surface area contributed by atoms with Crippen LogP contribution in [0.3, 0.4) is 0 Å². The van der Waals surface area contributed by atoms with Gasteiger partial charge in [0.2, 0.25) is 5.91 Å². The Balaban J connectivity index is 1.86. The molecule has 0 fully saturated rings. The molecule has 1 amide bonds. The second-order valence-corrected chi connectivity index (χ2v) is 4.92. The fourth-order valence-electron chi connectivity index (χ4n) is 2.70. The first-order valence-corrected chi connectivity index (χ1v) is 6.54. The minimum atomic E-state index is -0.0349. The van der Waals surface area contributed by atoms with E-state index in [0.717, 1.165) is 12.1 Å². The van der Waals surface area contributed by atoms with Crippen LogP contribution in [0, 0.1) is 6.42 Å². The number of hydrogen-bond donors (Lipinski definition) is 1. The smallest absolute Gasteiger partial charge is 0.221 e. The van der Waals surface area contributed by atoms with E-state index in [1.807, 2.05) is 12.1 Å². The average molecular weight is 250 g/mol. The first kappa shape index (κ1) is 12.0. The van der Waals surface area contributed by atoms with Crippen LogP contribution < -0.4 is 5.32 Å². The molecule has 0 bridgehead atoms. The van der Waals surface area contributed by atoms with Crippen LogP contribution in [0.15, 0.2) is 48.5 Å². The summed E-state index contributed by atoms with van der Waals surface area (Å²) in [5.41, 5.74) is 4.90. The predicted octanol–water partition coefficient (Wildman–Crippen LogP) is 3.73. The second kappa shape index (κ2) is 4.88. The number of nitrogens with one attached hydrogen (secondary N) is 1. The zero-order valence-corrected chi connectivity index (χ0v) is 10.9. The molecular formula is C17H16NO. The van der Waals surface area contributed by atoms with Gasteiger partial charge in [-0.25, -0.2) is 0 Å². The molecule has 0 saturated heterocycles. The number of rotatable bonds is 2. The van der Waals surface area contributed by atoms with E-state index < -0.39 is 0 Å². The molecule has 1 aliphatic rings. The summed E-state index contributed by atoms with van der Waals surface area (Å²) in [6.07, 6.45) is 3.35. The third-order valence-corrected chi connectivity index (χ3v) is 3.58. The highest BCUT2D eigenvalue weighted by Crippen LogP contribution is 2.39. The Bertz CT molecular complexity index is 601. The van der Waals surface area contributed by atoms with Gasteiger partial charge in [-0.2, -0.15) is 0 Å². The molecule has 2 heteroatoms. The molecule has 19 heavy (non-hydrogen) atoms. The summed E-state index contributed by atoms with van der Waals surface area (Å²) in [5, 5.41) is 2.79. The highest BCUT2D eigenvalue weighted by molar-refractivity contribution is 5.88. The Morgan fingerprint density at radius 1 is 1.11 bits per heavy atom. The Hall–Kier alpha value is -2.09. The average Bonchev–Trinajstić information content (AvgIpc) is 2.83. The molecule has 0 unspecified atom stereocenters. The molecule has 3 rings (SSSR count). The van der Waals surface area contributed by atoms with Gasteiger partial charge < -0.3 is 5.32 Å². The van der Waals surface area contributed by atoms with Crippen molar-refractivity contribution in [3.8, 4) is 0 Å². The summed E-state index contributed by atoms with van der Waals surface area (Å²) < 4.78 is 0. The van der Waals surface area contributed by atoms with Gasteiger partial charge in [0.05, 0.1) is 0 Å². The van der Waals surface area contributed by atoms with E-state index in [1.54, 1.807) is 0 Å². The second-order valence-electron chi connectivity index (χ2n) is 4.92. The molecule has 0 heterocycles. The van der Waals surface area contributed by atoms with Crippen molar-refractivity contribution in [3.63, 3.8) is 0 Å². The molecule has 1 radical (unpaired) electrons. The molecule has 2 aromatic rings. The van der Waals surface area contributed by atoms with Gasteiger partial charge in [-0.15, -0.1) is 0 Å². The number of carbonyl (C=O) groups excluding carboxylic acids is 1. The summed E-state index contributed by atoms with van der Waals surface area (Å²) in [5.74, 6) is 0.412. The number of carbonyl (C=O) groups is 1. The monoisotopic (exact) mass is 250 g/mol. The van der Waals surface area contributed by atoms with E-state index in [0.29, 0.717) is 5.92 Å². The Morgan fingerprint density at radius 3 is 2.58 bits per heavy atom. The van der Waals surface area contributed by atoms with Crippen molar-refractivity contribution in [2.45, 2.75) is 19.3 Å². The van der Waals surface area contributed by atoms with Crippen LogP contribution in [0.1, 0.15) is 36.0 Å². The molecule has 2 nitrogen and oxygen atoms in total. The molecule has 95 valence electrons. The van der Waals surface area contributed by atoms with Crippen LogP contribution in [0.5, 0.6) is 0 Å². The van der Waals surface area contributed by atoms with E-state index in [-0.39, 0.29) is 5.91 Å². The Kier molecular flexibility index (Phi) is 3.08. The molecule has 1 atom stereocenters. The summed E-state index contributed by atoms with van der Waals surface area (Å²) >= 11 is 0. The van der Waals surface area contributed by atoms with Gasteiger partial charge in [0, 0.05) is 18.5 Å². The molecule has 2 aromatic carbocycles. The third kappa shape index (κ3) is 2.39. The molecule has 1 aliphatic carbocycles. The quantitative estimate of drug-likeness (QED) is 0.864. The van der Waals surface area contributed by atoms with Gasteiger partial charge in [-0.05, 0) is 41.7 Å². The van der Waals surface area contributed by atoms with E-state index in [1.165, 1.54) is 23.6 Å². The standard InChI is InChI=1S/C17H16NO/c1-12(19)18-15-9-6-14(7-10-15)17-11-8-13-4-2-3-5-16(13)17/h2-10,17H,11H2,1H3,(H,18,19)/t17-/m0/s1. The van der Waals surface area contributed by atoms with E-state index >= 15 is 0 Å². The van der Waals surface area contributed by atoms with Crippen LogP contribution in [0.2, 0.25) is 0 Å². The molecule has 0 aromatic heterocycles. The first-order chi connectivity index (χ1) is 9.24. The maximum atomic E-state index is 11.0. The largest absolute Gasteiger partial charge is 0.326 e. The van der Waals surface area contributed by atoms with E-state index in [4.69, 9.17) is 0 Å². The maximum absolute atomic E-state index is 11.0. The summed E-state index contributed by atoms with van der Waals surface area (Å²) in [6, 6.07) is 16.7. The fraction of sp³-hybridized carbons (Fsp3) is 0.176. The van der Waals surface area contributed by atoms with E-state index in [2.05, 4.69) is 48.1 Å². The van der Waals surface area contributed by atoms with Gasteiger partial charge in [-0.3, -0.25) is 4.79 Å². The molecule has 0 aliphatic heterocycles. The highest BCUT2D eigenvalue weighted by atomic mass is 16.1. The zero-order chi connectivity index (χ0) is 13.2. The van der Waals surface area contributed by atoms with Crippen LogP contribution in [0.25, 0.3) is 0 Å². The number of amides is 1. The molecule has 0 spiro atoms. The fourth-order valence-corrected chi connectivity index (χ4v) is 2.70. The van der Waals surface area contributed by atoms with Crippen molar-refractivity contribution in [1.29, 1.82) is 0 Å². The summed E-state index contributed by atoms with van der Waals surface area (Å²) in [7, 11) is 0. The number of anilines is 1. The van der Waals surface area contributed by atoms with Gasteiger partial charge in [0.25, 0.3) is 0 Å². The molecule has 1 N–H and O–H groups in total. The predicted molar refractivity (Wildman–Crippen MR) is 77.0 cm³/mol. The lowest BCUT2D eigenvalue weighted by molar-refractivity contribution is -0.114. The number of fused-ring (bicyclic) bond motifs is 1. The minimum absolute atomic E-state index is 0.0349. The normalized spacial score (nSPS) is 17.0. The molecular weight excluding hydrogens is 234 g/mol. The van der Waals surface area contributed by atoms with Crippen molar-refractivity contribution >= 4 is 11.6 Å². The van der Waals surface area contributed by atoms with Crippen LogP contribution in [-0.4, -0.2) is 5.91 Å². The highest BCUT2D eigenvalue weighted by Gasteiger charge is 2.23. The van der Waals surface area contributed by atoms with Crippen LogP contribution in [-0.2, 0) is 4.79 Å². The van der Waals surface area contributed by atoms with Gasteiger partial charge in [-0.1, -0.05) is 36.4 Å². The van der Waals surface area contributed by atoms with E-state index in [9.17, 15) is 4.79 Å². The zero-order valence-electron chi connectivity index (χ0n) is 10.9. The number of benzene rings is 2. The summed E-state index contributed by atoms with van der Waals surface area (Å²) in [4.78, 5) is 11.0. The lowest BCUT2D eigenvalue weighted by Crippen LogP contribution is -2.05. The van der Waals surface area contributed by atoms with Crippen LogP contribution >= 0.6 is 0 Å². The van der Waals surface area contributed by atoms with Crippen molar-refractivity contribution in [2.75, 3.05) is 5.32 Å². The van der Waals surface area contributed by atoms with Crippen molar-refractivity contribution in [3.05, 3.63) is 71.6 Å². The van der Waals surface area contributed by atoms with Crippen molar-refractivity contribution in [1.82, 2.24) is 0 Å². The van der Waals surface area contributed by atoms with Gasteiger partial charge in [0.15, 0.2) is 0 Å². The third-order valence-electron chi connectivity index (χ3n) is 3.58. The lowest BCUT2D eigenvalue weighted by Gasteiger charge is -2.12. The molecule has 0 saturated carbocycles. The summed E-state index contributed by atoms with van der Waals surface area (Å²) in [6.45, 7) is 1.52. The van der Waals surface area contributed by atoms with Crippen LogP contribution in [0.4, 0.5) is 5.69 Å². The Labute approximate surface area is 113 Å². The Morgan fingerprint density at radius 2 is 1.84 bits per heavy atom. The lowest BCUT2D eigenvalue weighted by atomic mass is 9.93. The topological polar surface area (TPSA) is 29.1 Å². The van der Waals surface area contributed by atoms with Crippen molar-refractivity contribution < 1.29 is 4.79 Å². The van der Waals surface area contributed by atoms with Crippen molar-refractivity contribution in [2.24, 2.45) is 0 Å². The first-order valence-electron chi connectivity index (χ1n) is 6.54. The van der Waals surface area contributed by atoms with Gasteiger partial charge in [0.1, 0.15) is 0 Å².